The molecule has 0 saturated heterocycles. The highest BCUT2D eigenvalue weighted by Crippen LogP contribution is 2.28. The van der Waals surface area contributed by atoms with Crippen molar-refractivity contribution in [2.45, 2.75) is 59.9 Å². The van der Waals surface area contributed by atoms with Gasteiger partial charge in [-0.25, -0.2) is 4.98 Å². The van der Waals surface area contributed by atoms with Crippen molar-refractivity contribution in [1.82, 2.24) is 14.5 Å². The van der Waals surface area contributed by atoms with Gasteiger partial charge in [-0.15, -0.1) is 0 Å². The lowest BCUT2D eigenvalue weighted by atomic mass is 9.93. The summed E-state index contributed by atoms with van der Waals surface area (Å²) in [4.78, 5) is 33.9. The number of hydrogen-bond donors (Lipinski definition) is 0. The number of methoxy groups -OCH3 is 1. The molecule has 0 aliphatic carbocycles. The van der Waals surface area contributed by atoms with Crippen molar-refractivity contribution in [2.24, 2.45) is 5.41 Å². The van der Waals surface area contributed by atoms with E-state index in [1.165, 1.54) is 0 Å². The van der Waals surface area contributed by atoms with Crippen LogP contribution in [-0.2, 0) is 4.79 Å². The molecular formula is C27H35N3O3. The van der Waals surface area contributed by atoms with E-state index in [9.17, 15) is 9.59 Å². The first kappa shape index (κ1) is 24.5. The summed E-state index contributed by atoms with van der Waals surface area (Å²) in [5.41, 5.74) is 0.635. The molecule has 0 saturated carbocycles. The molecule has 0 bridgehead atoms. The number of hydrogen-bond acceptors (Lipinski definition) is 4. The van der Waals surface area contributed by atoms with Crippen molar-refractivity contribution in [3.8, 4) is 11.4 Å². The molecule has 0 N–H and O–H groups in total. The van der Waals surface area contributed by atoms with Crippen LogP contribution in [0.1, 0.15) is 65.7 Å². The Morgan fingerprint density at radius 1 is 1.09 bits per heavy atom. The van der Waals surface area contributed by atoms with E-state index in [-0.39, 0.29) is 17.5 Å². The minimum Gasteiger partial charge on any atom is -0.497 e. The Labute approximate surface area is 196 Å². The van der Waals surface area contributed by atoms with Gasteiger partial charge in [0.05, 0.1) is 29.7 Å². The lowest BCUT2D eigenvalue weighted by Gasteiger charge is -2.35. The van der Waals surface area contributed by atoms with Crippen LogP contribution < -0.4 is 10.3 Å². The van der Waals surface area contributed by atoms with Gasteiger partial charge >= 0.3 is 0 Å². The summed E-state index contributed by atoms with van der Waals surface area (Å²) < 4.78 is 6.92. The maximum Gasteiger partial charge on any atom is 0.266 e. The van der Waals surface area contributed by atoms with Crippen LogP contribution in [0.5, 0.6) is 5.75 Å². The molecule has 2 aromatic carbocycles. The molecule has 6 heteroatoms. The van der Waals surface area contributed by atoms with Crippen LogP contribution in [0.3, 0.4) is 0 Å². The number of aromatic nitrogens is 2. The summed E-state index contributed by atoms with van der Waals surface area (Å²) in [7, 11) is 1.61. The molecule has 1 unspecified atom stereocenters. The summed E-state index contributed by atoms with van der Waals surface area (Å²) in [6.45, 7) is 10.5. The molecule has 6 nitrogen and oxygen atoms in total. The monoisotopic (exact) mass is 449 g/mol. The number of para-hydroxylation sites is 1. The second-order valence-corrected chi connectivity index (χ2v) is 9.46. The van der Waals surface area contributed by atoms with Gasteiger partial charge < -0.3 is 9.64 Å². The predicted molar refractivity (Wildman–Crippen MR) is 133 cm³/mol. The number of fused-ring (bicyclic) bond motifs is 1. The highest BCUT2D eigenvalue weighted by molar-refractivity contribution is 5.82. The quantitative estimate of drug-likeness (QED) is 0.425. The van der Waals surface area contributed by atoms with Crippen molar-refractivity contribution >= 4 is 16.8 Å². The smallest absolute Gasteiger partial charge is 0.266 e. The molecule has 33 heavy (non-hydrogen) atoms. The Bertz CT molecular complexity index is 1160. The molecule has 0 radical (unpaired) electrons. The number of ether oxygens (including phenoxy) is 1. The average Bonchev–Trinajstić information content (AvgIpc) is 2.80. The Kier molecular flexibility index (Phi) is 7.57. The minimum atomic E-state index is -0.539. The van der Waals surface area contributed by atoms with Gasteiger partial charge in [0.2, 0.25) is 5.91 Å². The van der Waals surface area contributed by atoms with Crippen LogP contribution in [0.2, 0.25) is 0 Å². The van der Waals surface area contributed by atoms with Gasteiger partial charge in [0, 0.05) is 12.0 Å². The Hall–Kier alpha value is -3.15. The number of carbonyl (C=O) groups excluding carboxylic acids is 1. The SMILES string of the molecule is CCCCCN(C(=O)C(C)(C)C)C(C)c1nc2ccccc2c(=O)n1-c1ccc(OC)cc1. The molecule has 176 valence electrons. The number of benzene rings is 2. The Morgan fingerprint density at radius 3 is 2.36 bits per heavy atom. The maximum absolute atomic E-state index is 13.6. The molecule has 3 aromatic rings. The number of unbranched alkanes of at least 4 members (excludes halogenated alkanes) is 2. The molecule has 0 aliphatic heterocycles. The number of carbonyl (C=O) groups is 1. The Morgan fingerprint density at radius 2 is 1.76 bits per heavy atom. The maximum atomic E-state index is 13.6. The van der Waals surface area contributed by atoms with Gasteiger partial charge in [-0.05, 0) is 49.7 Å². The fourth-order valence-corrected chi connectivity index (χ4v) is 3.98. The molecule has 1 heterocycles. The first-order chi connectivity index (χ1) is 15.7. The van der Waals surface area contributed by atoms with Crippen molar-refractivity contribution in [3.63, 3.8) is 0 Å². The third kappa shape index (κ3) is 5.27. The summed E-state index contributed by atoms with van der Waals surface area (Å²) in [5.74, 6) is 1.31. The fraction of sp³-hybridized carbons (Fsp3) is 0.444. The number of amides is 1. The lowest BCUT2D eigenvalue weighted by molar-refractivity contribution is -0.142. The second kappa shape index (κ2) is 10.2. The molecule has 0 spiro atoms. The summed E-state index contributed by atoms with van der Waals surface area (Å²) in [6.07, 6.45) is 3.01. The van der Waals surface area contributed by atoms with E-state index in [1.54, 1.807) is 17.7 Å². The van der Waals surface area contributed by atoms with Crippen LogP contribution in [0, 0.1) is 5.41 Å². The topological polar surface area (TPSA) is 64.4 Å². The zero-order valence-electron chi connectivity index (χ0n) is 20.6. The van der Waals surface area contributed by atoms with E-state index in [4.69, 9.17) is 9.72 Å². The highest BCUT2D eigenvalue weighted by Gasteiger charge is 2.33. The molecule has 1 amide bonds. The molecular weight excluding hydrogens is 414 g/mol. The van der Waals surface area contributed by atoms with Gasteiger partial charge in [-0.3, -0.25) is 14.2 Å². The first-order valence-corrected chi connectivity index (χ1v) is 11.7. The average molecular weight is 450 g/mol. The highest BCUT2D eigenvalue weighted by atomic mass is 16.5. The lowest BCUT2D eigenvalue weighted by Crippen LogP contribution is -2.43. The zero-order valence-corrected chi connectivity index (χ0v) is 20.6. The first-order valence-electron chi connectivity index (χ1n) is 11.7. The number of nitrogens with zero attached hydrogens (tertiary/aromatic N) is 3. The van der Waals surface area contributed by atoms with Gasteiger partial charge in [-0.1, -0.05) is 52.7 Å². The molecule has 0 fully saturated rings. The van der Waals surface area contributed by atoms with Crippen LogP contribution in [-0.4, -0.2) is 34.0 Å². The molecule has 0 aliphatic rings. The van der Waals surface area contributed by atoms with Crippen molar-refractivity contribution in [1.29, 1.82) is 0 Å². The standard InChI is InChI=1S/C27H35N3O3/c1-7-8-11-18-29(26(32)27(3,4)5)19(2)24-28-23-13-10-9-12-22(23)25(31)30(24)20-14-16-21(33-6)17-15-20/h9-10,12-17,19H,7-8,11,18H2,1-6H3. The predicted octanol–water partition coefficient (Wildman–Crippen LogP) is 5.52. The van der Waals surface area contributed by atoms with E-state index in [2.05, 4.69) is 6.92 Å². The molecule has 1 aromatic heterocycles. The van der Waals surface area contributed by atoms with Crippen LogP contribution in [0.15, 0.2) is 53.3 Å². The fourth-order valence-electron chi connectivity index (χ4n) is 3.98. The van der Waals surface area contributed by atoms with Crippen molar-refractivity contribution < 1.29 is 9.53 Å². The van der Waals surface area contributed by atoms with E-state index < -0.39 is 5.41 Å². The minimum absolute atomic E-state index is 0.0507. The van der Waals surface area contributed by atoms with Crippen molar-refractivity contribution in [3.05, 3.63) is 64.7 Å². The molecule has 1 atom stereocenters. The van der Waals surface area contributed by atoms with E-state index in [1.807, 2.05) is 75.1 Å². The van der Waals surface area contributed by atoms with Gasteiger partial charge in [-0.2, -0.15) is 0 Å². The summed E-state index contributed by atoms with van der Waals surface area (Å²) in [5, 5.41) is 0.545. The molecule has 3 rings (SSSR count). The van der Waals surface area contributed by atoms with Crippen LogP contribution >= 0.6 is 0 Å². The van der Waals surface area contributed by atoms with Crippen LogP contribution in [0.4, 0.5) is 0 Å². The third-order valence-corrected chi connectivity index (χ3v) is 5.88. The zero-order chi connectivity index (χ0) is 24.2. The van der Waals surface area contributed by atoms with Crippen molar-refractivity contribution in [2.75, 3.05) is 13.7 Å². The normalized spacial score (nSPS) is 12.5. The summed E-state index contributed by atoms with van der Waals surface area (Å²) >= 11 is 0. The third-order valence-electron chi connectivity index (χ3n) is 5.88. The van der Waals surface area contributed by atoms with E-state index >= 15 is 0 Å². The van der Waals surface area contributed by atoms with Gasteiger partial charge in [0.15, 0.2) is 0 Å². The second-order valence-electron chi connectivity index (χ2n) is 9.46. The van der Waals surface area contributed by atoms with Crippen LogP contribution in [0.25, 0.3) is 16.6 Å². The van der Waals surface area contributed by atoms with E-state index in [0.29, 0.717) is 34.7 Å². The Balaban J connectivity index is 2.21. The summed E-state index contributed by atoms with van der Waals surface area (Å²) in [6, 6.07) is 14.3. The van der Waals surface area contributed by atoms with Gasteiger partial charge in [0.1, 0.15) is 11.6 Å². The van der Waals surface area contributed by atoms with E-state index in [0.717, 1.165) is 19.3 Å². The number of rotatable bonds is 8. The van der Waals surface area contributed by atoms with Gasteiger partial charge in [0.25, 0.3) is 5.56 Å². The largest absolute Gasteiger partial charge is 0.497 e.